The fourth-order valence-corrected chi connectivity index (χ4v) is 2.89. The molecular weight excluding hydrogens is 314 g/mol. The van der Waals surface area contributed by atoms with Gasteiger partial charge in [-0.05, 0) is 37.0 Å². The van der Waals surface area contributed by atoms with Crippen molar-refractivity contribution < 1.29 is 13.2 Å². The third-order valence-electron chi connectivity index (χ3n) is 3.10. The van der Waals surface area contributed by atoms with Crippen LogP contribution in [0.25, 0.3) is 0 Å². The predicted molar refractivity (Wildman–Crippen MR) is 83.0 cm³/mol. The van der Waals surface area contributed by atoms with Crippen molar-refractivity contribution in [3.05, 3.63) is 29.8 Å². The summed E-state index contributed by atoms with van der Waals surface area (Å²) in [6, 6.07) is 5.99. The molecule has 0 spiro atoms. The van der Waals surface area contributed by atoms with Crippen LogP contribution in [0, 0.1) is 5.92 Å². The zero-order valence-electron chi connectivity index (χ0n) is 11.5. The van der Waals surface area contributed by atoms with Crippen molar-refractivity contribution in [1.82, 2.24) is 10.0 Å². The molecule has 1 aromatic carbocycles. The molecule has 6 nitrogen and oxygen atoms in total. The molecule has 1 saturated carbocycles. The Hall–Kier alpha value is -1.15. The lowest BCUT2D eigenvalue weighted by molar-refractivity contribution is 0.0954. The largest absolute Gasteiger partial charge is 0.351 e. The zero-order chi connectivity index (χ0) is 14.6. The molecule has 8 heteroatoms. The SMILES string of the molecule is Cl.NCCNC(=O)c1cccc(S(=O)(=O)NCC2CC2)c1. The summed E-state index contributed by atoms with van der Waals surface area (Å²) in [7, 11) is -3.55. The Bertz CT molecular complexity index is 588. The van der Waals surface area contributed by atoms with E-state index >= 15 is 0 Å². The lowest BCUT2D eigenvalue weighted by atomic mass is 10.2. The smallest absolute Gasteiger partial charge is 0.251 e. The Balaban J connectivity index is 0.00000220. The first-order valence-corrected chi connectivity index (χ1v) is 8.09. The molecule has 0 atom stereocenters. The molecule has 1 amide bonds. The Labute approximate surface area is 130 Å². The number of nitrogens with two attached hydrogens (primary N) is 1. The van der Waals surface area contributed by atoms with E-state index in [2.05, 4.69) is 10.0 Å². The summed E-state index contributed by atoms with van der Waals surface area (Å²) in [5.74, 6) is 0.135. The number of halogens is 1. The van der Waals surface area contributed by atoms with Crippen LogP contribution in [0.1, 0.15) is 23.2 Å². The summed E-state index contributed by atoms with van der Waals surface area (Å²) in [5.41, 5.74) is 5.62. The summed E-state index contributed by atoms with van der Waals surface area (Å²) in [6.07, 6.45) is 2.15. The number of hydrogen-bond acceptors (Lipinski definition) is 4. The molecule has 1 fully saturated rings. The number of carbonyl (C=O) groups is 1. The molecule has 1 aromatic rings. The van der Waals surface area contributed by atoms with Gasteiger partial charge in [0.2, 0.25) is 10.0 Å². The van der Waals surface area contributed by atoms with E-state index in [1.165, 1.54) is 12.1 Å². The molecule has 0 saturated heterocycles. The number of nitrogens with one attached hydrogen (secondary N) is 2. The van der Waals surface area contributed by atoms with E-state index in [-0.39, 0.29) is 23.2 Å². The number of amides is 1. The van der Waals surface area contributed by atoms with Crippen LogP contribution in [0.3, 0.4) is 0 Å². The van der Waals surface area contributed by atoms with Crippen LogP contribution in [-0.2, 0) is 10.0 Å². The van der Waals surface area contributed by atoms with Crippen LogP contribution in [0.15, 0.2) is 29.2 Å². The van der Waals surface area contributed by atoms with Crippen LogP contribution in [-0.4, -0.2) is 34.0 Å². The Morgan fingerprint density at radius 1 is 1.33 bits per heavy atom. The van der Waals surface area contributed by atoms with Crippen molar-refractivity contribution in [2.24, 2.45) is 11.7 Å². The molecule has 21 heavy (non-hydrogen) atoms. The van der Waals surface area contributed by atoms with Crippen molar-refractivity contribution >= 4 is 28.3 Å². The highest BCUT2D eigenvalue weighted by Gasteiger charge is 2.24. The average Bonchev–Trinajstić information content (AvgIpc) is 3.27. The second-order valence-corrected chi connectivity index (χ2v) is 6.63. The van der Waals surface area contributed by atoms with Gasteiger partial charge in [-0.1, -0.05) is 6.07 Å². The van der Waals surface area contributed by atoms with E-state index in [1.54, 1.807) is 12.1 Å². The molecule has 0 heterocycles. The maximum Gasteiger partial charge on any atom is 0.251 e. The van der Waals surface area contributed by atoms with Crippen molar-refractivity contribution in [3.63, 3.8) is 0 Å². The summed E-state index contributed by atoms with van der Waals surface area (Å²) in [6.45, 7) is 1.16. The molecule has 0 bridgehead atoms. The lowest BCUT2D eigenvalue weighted by Gasteiger charge is -2.08. The molecule has 0 radical (unpaired) electrons. The molecule has 0 unspecified atom stereocenters. The van der Waals surface area contributed by atoms with E-state index in [0.717, 1.165) is 12.8 Å². The minimum Gasteiger partial charge on any atom is -0.351 e. The summed E-state index contributed by atoms with van der Waals surface area (Å²) < 4.78 is 26.7. The van der Waals surface area contributed by atoms with Gasteiger partial charge in [0.1, 0.15) is 0 Å². The third-order valence-corrected chi connectivity index (χ3v) is 4.52. The molecule has 1 aliphatic rings. The van der Waals surface area contributed by atoms with E-state index < -0.39 is 10.0 Å². The maximum atomic E-state index is 12.1. The second-order valence-electron chi connectivity index (χ2n) is 4.87. The van der Waals surface area contributed by atoms with Crippen LogP contribution in [0.4, 0.5) is 0 Å². The van der Waals surface area contributed by atoms with Gasteiger partial charge in [-0.25, -0.2) is 13.1 Å². The molecule has 1 aliphatic carbocycles. The molecule has 0 aromatic heterocycles. The summed E-state index contributed by atoms with van der Waals surface area (Å²) in [5, 5.41) is 2.61. The first-order chi connectivity index (χ1) is 9.53. The van der Waals surface area contributed by atoms with Crippen LogP contribution >= 0.6 is 12.4 Å². The van der Waals surface area contributed by atoms with E-state index in [0.29, 0.717) is 31.1 Å². The Morgan fingerprint density at radius 2 is 2.05 bits per heavy atom. The van der Waals surface area contributed by atoms with Crippen molar-refractivity contribution in [3.8, 4) is 0 Å². The van der Waals surface area contributed by atoms with Crippen molar-refractivity contribution in [1.29, 1.82) is 0 Å². The predicted octanol–water partition coefficient (Wildman–Crippen LogP) is 0.485. The fourth-order valence-electron chi connectivity index (χ4n) is 1.73. The number of rotatable bonds is 7. The fraction of sp³-hybridized carbons (Fsp3) is 0.462. The van der Waals surface area contributed by atoms with Gasteiger partial charge in [0.05, 0.1) is 4.90 Å². The normalized spacial score (nSPS) is 14.3. The quantitative estimate of drug-likeness (QED) is 0.675. The first-order valence-electron chi connectivity index (χ1n) is 6.61. The number of sulfonamides is 1. The molecule has 4 N–H and O–H groups in total. The van der Waals surface area contributed by atoms with Crippen LogP contribution < -0.4 is 15.8 Å². The third kappa shape index (κ3) is 5.28. The van der Waals surface area contributed by atoms with Gasteiger partial charge in [0.25, 0.3) is 5.91 Å². The number of benzene rings is 1. The van der Waals surface area contributed by atoms with Gasteiger partial charge in [0.15, 0.2) is 0 Å². The molecule has 2 rings (SSSR count). The van der Waals surface area contributed by atoms with E-state index in [4.69, 9.17) is 5.73 Å². The topological polar surface area (TPSA) is 101 Å². The van der Waals surface area contributed by atoms with Gasteiger partial charge in [-0.2, -0.15) is 0 Å². The minimum absolute atomic E-state index is 0. The Morgan fingerprint density at radius 3 is 2.67 bits per heavy atom. The highest BCUT2D eigenvalue weighted by atomic mass is 35.5. The Kier molecular flexibility index (Phi) is 6.60. The summed E-state index contributed by atoms with van der Waals surface area (Å²) >= 11 is 0. The van der Waals surface area contributed by atoms with Crippen LogP contribution in [0.2, 0.25) is 0 Å². The number of hydrogen-bond donors (Lipinski definition) is 3. The van der Waals surface area contributed by atoms with Crippen LogP contribution in [0.5, 0.6) is 0 Å². The first kappa shape index (κ1) is 17.9. The zero-order valence-corrected chi connectivity index (χ0v) is 13.2. The molecule has 118 valence electrons. The second kappa shape index (κ2) is 7.74. The van der Waals surface area contributed by atoms with Gasteiger partial charge < -0.3 is 11.1 Å². The van der Waals surface area contributed by atoms with Gasteiger partial charge in [0, 0.05) is 25.2 Å². The van der Waals surface area contributed by atoms with Crippen molar-refractivity contribution in [2.45, 2.75) is 17.7 Å². The maximum absolute atomic E-state index is 12.1. The van der Waals surface area contributed by atoms with Crippen molar-refractivity contribution in [2.75, 3.05) is 19.6 Å². The number of carbonyl (C=O) groups excluding carboxylic acids is 1. The monoisotopic (exact) mass is 333 g/mol. The highest BCUT2D eigenvalue weighted by Crippen LogP contribution is 2.28. The van der Waals surface area contributed by atoms with E-state index in [1.807, 2.05) is 0 Å². The van der Waals surface area contributed by atoms with E-state index in [9.17, 15) is 13.2 Å². The molecular formula is C13H20ClN3O3S. The van der Waals surface area contributed by atoms with Gasteiger partial charge >= 0.3 is 0 Å². The standard InChI is InChI=1S/C13H19N3O3S.ClH/c14-6-7-15-13(17)11-2-1-3-12(8-11)20(18,19)16-9-10-4-5-10;/h1-3,8,10,16H,4-7,9,14H2,(H,15,17);1H. The van der Waals surface area contributed by atoms with Gasteiger partial charge in [-0.3, -0.25) is 4.79 Å². The average molecular weight is 334 g/mol. The highest BCUT2D eigenvalue weighted by molar-refractivity contribution is 7.89. The molecule has 0 aliphatic heterocycles. The van der Waals surface area contributed by atoms with Gasteiger partial charge in [-0.15, -0.1) is 12.4 Å². The lowest BCUT2D eigenvalue weighted by Crippen LogP contribution is -2.29. The summed E-state index contributed by atoms with van der Waals surface area (Å²) in [4.78, 5) is 11.9. The minimum atomic E-state index is -3.55.